The second kappa shape index (κ2) is 3.86. The maximum Gasteiger partial charge on any atom is 0.303 e. The molecule has 1 unspecified atom stereocenters. The van der Waals surface area contributed by atoms with Crippen LogP contribution in [0.4, 0.5) is 0 Å². The van der Waals surface area contributed by atoms with Crippen LogP contribution in [0.2, 0.25) is 0 Å². The predicted octanol–water partition coefficient (Wildman–Crippen LogP) is 1.79. The summed E-state index contributed by atoms with van der Waals surface area (Å²) in [4.78, 5) is 10.5. The summed E-state index contributed by atoms with van der Waals surface area (Å²) in [5, 5.41) is 0. The van der Waals surface area contributed by atoms with E-state index in [1.807, 2.05) is 0 Å². The van der Waals surface area contributed by atoms with Crippen molar-refractivity contribution in [3.05, 3.63) is 0 Å². The number of rotatable bonds is 1. The maximum absolute atomic E-state index is 10.5. The summed E-state index contributed by atoms with van der Waals surface area (Å²) in [6.45, 7) is 1.47. The molecule has 1 fully saturated rings. The summed E-state index contributed by atoms with van der Waals surface area (Å²) in [5.74, 6) is 0.984. The number of esters is 1. The second-order valence-electron chi connectivity index (χ2n) is 2.41. The van der Waals surface area contributed by atoms with Crippen molar-refractivity contribution in [1.29, 1.82) is 0 Å². The fourth-order valence-corrected chi connectivity index (χ4v) is 2.16. The van der Waals surface area contributed by atoms with Crippen molar-refractivity contribution in [2.45, 2.75) is 31.6 Å². The van der Waals surface area contributed by atoms with Crippen LogP contribution >= 0.6 is 11.8 Å². The van der Waals surface area contributed by atoms with Crippen molar-refractivity contribution in [2.24, 2.45) is 0 Å². The topological polar surface area (TPSA) is 26.3 Å². The van der Waals surface area contributed by atoms with Gasteiger partial charge in [-0.05, 0) is 25.0 Å². The van der Waals surface area contributed by atoms with E-state index in [4.69, 9.17) is 4.74 Å². The highest BCUT2D eigenvalue weighted by Gasteiger charge is 2.15. The number of carbonyl (C=O) groups is 1. The first kappa shape index (κ1) is 7.92. The third kappa shape index (κ3) is 2.60. The zero-order valence-electron chi connectivity index (χ0n) is 6.13. The number of ether oxygens (including phenoxy) is 1. The van der Waals surface area contributed by atoms with Crippen molar-refractivity contribution in [2.75, 3.05) is 5.75 Å². The molecule has 0 radical (unpaired) electrons. The Bertz CT molecular complexity index is 119. The summed E-state index contributed by atoms with van der Waals surface area (Å²) >= 11 is 1.75. The van der Waals surface area contributed by atoms with E-state index >= 15 is 0 Å². The minimum atomic E-state index is -0.153. The van der Waals surface area contributed by atoms with E-state index in [2.05, 4.69) is 0 Å². The Balaban J connectivity index is 2.19. The normalized spacial score (nSPS) is 25.9. The molecule has 1 atom stereocenters. The number of carbonyl (C=O) groups excluding carboxylic acids is 1. The minimum Gasteiger partial charge on any atom is -0.451 e. The van der Waals surface area contributed by atoms with Gasteiger partial charge >= 0.3 is 5.97 Å². The van der Waals surface area contributed by atoms with Crippen molar-refractivity contribution in [1.82, 2.24) is 0 Å². The molecule has 58 valence electrons. The fourth-order valence-electron chi connectivity index (χ4n) is 0.989. The predicted molar refractivity (Wildman–Crippen MR) is 41.9 cm³/mol. The summed E-state index contributed by atoms with van der Waals surface area (Å²) in [6.07, 6.45) is 3.50. The van der Waals surface area contributed by atoms with Crippen LogP contribution in [0.3, 0.4) is 0 Å². The maximum atomic E-state index is 10.5. The van der Waals surface area contributed by atoms with Crippen molar-refractivity contribution >= 4 is 17.7 Å². The molecule has 0 aliphatic carbocycles. The lowest BCUT2D eigenvalue weighted by Crippen LogP contribution is -2.16. The van der Waals surface area contributed by atoms with E-state index < -0.39 is 0 Å². The molecule has 3 heteroatoms. The van der Waals surface area contributed by atoms with Gasteiger partial charge in [-0.15, -0.1) is 11.8 Å². The van der Waals surface area contributed by atoms with E-state index in [1.54, 1.807) is 11.8 Å². The molecule has 1 heterocycles. The molecule has 1 aliphatic rings. The number of hydrogen-bond acceptors (Lipinski definition) is 3. The van der Waals surface area contributed by atoms with Crippen LogP contribution in [0.25, 0.3) is 0 Å². The Morgan fingerprint density at radius 2 is 2.40 bits per heavy atom. The lowest BCUT2D eigenvalue weighted by molar-refractivity contribution is -0.142. The summed E-state index contributed by atoms with van der Waals surface area (Å²) in [5.41, 5.74) is 0.145. The highest BCUT2D eigenvalue weighted by Crippen LogP contribution is 2.25. The van der Waals surface area contributed by atoms with Gasteiger partial charge in [0.05, 0.1) is 0 Å². The highest BCUT2D eigenvalue weighted by molar-refractivity contribution is 7.99. The summed E-state index contributed by atoms with van der Waals surface area (Å²) in [7, 11) is 0. The van der Waals surface area contributed by atoms with Gasteiger partial charge in [0.15, 0.2) is 0 Å². The molecule has 0 N–H and O–H groups in total. The van der Waals surface area contributed by atoms with Crippen LogP contribution < -0.4 is 0 Å². The lowest BCUT2D eigenvalue weighted by Gasteiger charge is -2.20. The zero-order chi connectivity index (χ0) is 7.40. The van der Waals surface area contributed by atoms with Gasteiger partial charge in [-0.2, -0.15) is 0 Å². The molecule has 0 bridgehead atoms. The Morgan fingerprint density at radius 1 is 1.60 bits per heavy atom. The number of hydrogen-bond donors (Lipinski definition) is 0. The third-order valence-corrected chi connectivity index (χ3v) is 2.66. The van der Waals surface area contributed by atoms with Crippen LogP contribution in [0.1, 0.15) is 26.2 Å². The summed E-state index contributed by atoms with van der Waals surface area (Å²) < 4.78 is 5.02. The molecule has 0 amide bonds. The van der Waals surface area contributed by atoms with Crippen LogP contribution in [0.5, 0.6) is 0 Å². The fraction of sp³-hybridized carbons (Fsp3) is 0.857. The second-order valence-corrected chi connectivity index (χ2v) is 3.67. The van der Waals surface area contributed by atoms with Gasteiger partial charge in [-0.25, -0.2) is 0 Å². The molecule has 10 heavy (non-hydrogen) atoms. The first-order chi connectivity index (χ1) is 4.79. The molecular weight excluding hydrogens is 148 g/mol. The lowest BCUT2D eigenvalue weighted by atomic mass is 10.2. The van der Waals surface area contributed by atoms with E-state index in [0.717, 1.165) is 12.2 Å². The van der Waals surface area contributed by atoms with Gasteiger partial charge in [-0.3, -0.25) is 4.79 Å². The largest absolute Gasteiger partial charge is 0.451 e. The molecule has 0 aromatic heterocycles. The standard InChI is InChI=1S/C7H12O2S/c1-6(8)9-7-4-2-3-5-10-7/h7H,2-5H2,1H3. The average molecular weight is 160 g/mol. The highest BCUT2D eigenvalue weighted by atomic mass is 32.2. The Labute approximate surface area is 65.3 Å². The van der Waals surface area contributed by atoms with Crippen molar-refractivity contribution < 1.29 is 9.53 Å². The molecule has 0 saturated carbocycles. The van der Waals surface area contributed by atoms with E-state index in [-0.39, 0.29) is 11.4 Å². The Hall–Kier alpha value is -0.180. The van der Waals surface area contributed by atoms with E-state index in [0.29, 0.717) is 0 Å². The van der Waals surface area contributed by atoms with Crippen LogP contribution in [0, 0.1) is 0 Å². The molecule has 1 aliphatic heterocycles. The number of thioether (sulfide) groups is 1. The van der Waals surface area contributed by atoms with E-state index in [9.17, 15) is 4.79 Å². The Morgan fingerprint density at radius 3 is 2.90 bits per heavy atom. The van der Waals surface area contributed by atoms with Crippen LogP contribution in [-0.4, -0.2) is 17.2 Å². The molecule has 2 nitrogen and oxygen atoms in total. The van der Waals surface area contributed by atoms with Gasteiger partial charge in [0.2, 0.25) is 0 Å². The zero-order valence-corrected chi connectivity index (χ0v) is 6.95. The van der Waals surface area contributed by atoms with Gasteiger partial charge in [0.25, 0.3) is 0 Å². The van der Waals surface area contributed by atoms with E-state index in [1.165, 1.54) is 19.8 Å². The molecular formula is C7H12O2S. The van der Waals surface area contributed by atoms with Gasteiger partial charge in [-0.1, -0.05) is 0 Å². The smallest absolute Gasteiger partial charge is 0.303 e. The first-order valence-corrected chi connectivity index (χ1v) is 4.63. The molecule has 1 rings (SSSR count). The monoisotopic (exact) mass is 160 g/mol. The molecule has 1 saturated heterocycles. The molecule has 0 spiro atoms. The van der Waals surface area contributed by atoms with Gasteiger partial charge < -0.3 is 4.74 Å². The summed E-state index contributed by atoms with van der Waals surface area (Å²) in [6, 6.07) is 0. The van der Waals surface area contributed by atoms with Crippen molar-refractivity contribution in [3.8, 4) is 0 Å². The van der Waals surface area contributed by atoms with Crippen LogP contribution in [0.15, 0.2) is 0 Å². The SMILES string of the molecule is CC(=O)OC1CCCCS1. The molecule has 0 aromatic carbocycles. The average Bonchev–Trinajstić information content (AvgIpc) is 1.88. The Kier molecular flexibility index (Phi) is 3.06. The first-order valence-electron chi connectivity index (χ1n) is 3.58. The molecule has 0 aromatic rings. The quantitative estimate of drug-likeness (QED) is 0.547. The van der Waals surface area contributed by atoms with Gasteiger partial charge in [0.1, 0.15) is 5.44 Å². The minimum absolute atomic E-state index is 0.145. The van der Waals surface area contributed by atoms with Crippen LogP contribution in [-0.2, 0) is 9.53 Å². The van der Waals surface area contributed by atoms with Gasteiger partial charge in [0, 0.05) is 6.92 Å². The van der Waals surface area contributed by atoms with Crippen molar-refractivity contribution in [3.63, 3.8) is 0 Å². The third-order valence-electron chi connectivity index (χ3n) is 1.44.